The number of methoxy groups -OCH3 is 3. The summed E-state index contributed by atoms with van der Waals surface area (Å²) < 4.78 is 16.2. The smallest absolute Gasteiger partial charge is 0.282 e. The Morgan fingerprint density at radius 2 is 1.45 bits per heavy atom. The molecule has 7 nitrogen and oxygen atoms in total. The van der Waals surface area contributed by atoms with Crippen molar-refractivity contribution in [1.82, 2.24) is 0 Å². The van der Waals surface area contributed by atoms with E-state index in [-0.39, 0.29) is 11.3 Å². The second-order valence-electron chi connectivity index (χ2n) is 7.43. The molecule has 0 aliphatic carbocycles. The first-order valence-corrected chi connectivity index (χ1v) is 10.3. The topological polar surface area (TPSA) is 77.1 Å². The number of nitrogens with zero attached hydrogens (tertiary/aromatic N) is 1. The van der Waals surface area contributed by atoms with Crippen LogP contribution in [-0.4, -0.2) is 33.1 Å². The predicted octanol–water partition coefficient (Wildman–Crippen LogP) is 4.42. The standard InChI is InChI=1S/C26H24N2O5/c1-16-10-12-21(32-3)19(14-16)27-24-23(17-8-6-5-7-9-17)25(29)28(26(24)30)20-15-18(31-2)11-13-22(20)33-4/h5-15,27H,1-4H3. The fourth-order valence-corrected chi connectivity index (χ4v) is 3.76. The lowest BCUT2D eigenvalue weighted by atomic mass is 10.0. The number of hydrogen-bond donors (Lipinski definition) is 1. The Kier molecular flexibility index (Phi) is 6.04. The highest BCUT2D eigenvalue weighted by atomic mass is 16.5. The largest absolute Gasteiger partial charge is 0.497 e. The van der Waals surface area contributed by atoms with Gasteiger partial charge in [0.05, 0.1) is 38.3 Å². The van der Waals surface area contributed by atoms with Gasteiger partial charge in [0.2, 0.25) is 0 Å². The average Bonchev–Trinajstić information content (AvgIpc) is 3.08. The van der Waals surface area contributed by atoms with Gasteiger partial charge >= 0.3 is 0 Å². The first kappa shape index (κ1) is 22.0. The molecule has 0 unspecified atom stereocenters. The van der Waals surface area contributed by atoms with E-state index in [2.05, 4.69) is 5.32 Å². The van der Waals surface area contributed by atoms with E-state index < -0.39 is 11.8 Å². The zero-order valence-electron chi connectivity index (χ0n) is 18.8. The number of anilines is 2. The SMILES string of the molecule is COc1ccc(OC)c(N2C(=O)C(Nc3cc(C)ccc3OC)=C(c3ccccc3)C2=O)c1. The van der Waals surface area contributed by atoms with Gasteiger partial charge in [-0.3, -0.25) is 9.59 Å². The van der Waals surface area contributed by atoms with E-state index in [0.717, 1.165) is 10.5 Å². The number of hydrogen-bond acceptors (Lipinski definition) is 6. The van der Waals surface area contributed by atoms with E-state index in [9.17, 15) is 9.59 Å². The van der Waals surface area contributed by atoms with Crippen molar-refractivity contribution in [3.8, 4) is 17.2 Å². The van der Waals surface area contributed by atoms with Crippen molar-refractivity contribution >= 4 is 28.8 Å². The molecule has 1 heterocycles. The summed E-state index contributed by atoms with van der Waals surface area (Å²) in [5, 5.41) is 3.17. The molecule has 0 atom stereocenters. The highest BCUT2D eigenvalue weighted by molar-refractivity contribution is 6.46. The summed E-state index contributed by atoms with van der Waals surface area (Å²) in [6, 6.07) is 19.6. The number of aryl methyl sites for hydroxylation is 1. The molecule has 4 rings (SSSR count). The van der Waals surface area contributed by atoms with Crippen molar-refractivity contribution in [3.63, 3.8) is 0 Å². The van der Waals surface area contributed by atoms with Gasteiger partial charge in [-0.25, -0.2) is 4.90 Å². The first-order chi connectivity index (χ1) is 16.0. The third kappa shape index (κ3) is 4.01. The maximum atomic E-state index is 13.7. The maximum absolute atomic E-state index is 13.7. The van der Waals surface area contributed by atoms with Gasteiger partial charge in [-0.1, -0.05) is 36.4 Å². The van der Waals surface area contributed by atoms with E-state index >= 15 is 0 Å². The summed E-state index contributed by atoms with van der Waals surface area (Å²) in [5.41, 5.74) is 2.89. The molecule has 0 radical (unpaired) electrons. The van der Waals surface area contributed by atoms with Crippen LogP contribution in [0.3, 0.4) is 0 Å². The lowest BCUT2D eigenvalue weighted by Crippen LogP contribution is -2.32. The van der Waals surface area contributed by atoms with Crippen LogP contribution in [0.25, 0.3) is 5.57 Å². The molecule has 0 fully saturated rings. The van der Waals surface area contributed by atoms with Crippen LogP contribution in [-0.2, 0) is 9.59 Å². The summed E-state index contributed by atoms with van der Waals surface area (Å²) in [6.45, 7) is 1.94. The Balaban J connectivity index is 1.88. The second-order valence-corrected chi connectivity index (χ2v) is 7.43. The van der Waals surface area contributed by atoms with Gasteiger partial charge in [-0.15, -0.1) is 0 Å². The van der Waals surface area contributed by atoms with E-state index in [4.69, 9.17) is 14.2 Å². The van der Waals surface area contributed by atoms with Gasteiger partial charge in [0.1, 0.15) is 22.9 Å². The van der Waals surface area contributed by atoms with Crippen LogP contribution in [0.4, 0.5) is 11.4 Å². The predicted molar refractivity (Wildman–Crippen MR) is 127 cm³/mol. The molecule has 168 valence electrons. The van der Waals surface area contributed by atoms with Crippen LogP contribution in [0.2, 0.25) is 0 Å². The molecule has 0 aromatic heterocycles. The highest BCUT2D eigenvalue weighted by Crippen LogP contribution is 2.40. The Labute approximate surface area is 192 Å². The molecule has 2 amide bonds. The lowest BCUT2D eigenvalue weighted by Gasteiger charge is -2.19. The van der Waals surface area contributed by atoms with Crippen LogP contribution in [0.1, 0.15) is 11.1 Å². The van der Waals surface area contributed by atoms with E-state index in [1.54, 1.807) is 37.4 Å². The summed E-state index contributed by atoms with van der Waals surface area (Å²) >= 11 is 0. The summed E-state index contributed by atoms with van der Waals surface area (Å²) in [5.74, 6) is 0.452. The fraction of sp³-hybridized carbons (Fsp3) is 0.154. The number of ether oxygens (including phenoxy) is 3. The zero-order valence-corrected chi connectivity index (χ0v) is 18.8. The van der Waals surface area contributed by atoms with Crippen molar-refractivity contribution in [3.05, 3.63) is 83.6 Å². The number of amides is 2. The summed E-state index contributed by atoms with van der Waals surface area (Å²) in [6.07, 6.45) is 0. The van der Waals surface area contributed by atoms with E-state index in [1.807, 2.05) is 43.3 Å². The lowest BCUT2D eigenvalue weighted by molar-refractivity contribution is -0.120. The van der Waals surface area contributed by atoms with Gasteiger partial charge < -0.3 is 19.5 Å². The zero-order chi connectivity index (χ0) is 23.5. The number of imide groups is 1. The number of benzene rings is 3. The van der Waals surface area contributed by atoms with Gasteiger partial charge in [-0.05, 0) is 42.3 Å². The molecular formula is C26H24N2O5. The van der Waals surface area contributed by atoms with Crippen LogP contribution in [0.5, 0.6) is 17.2 Å². The molecule has 0 saturated heterocycles. The number of carbonyl (C=O) groups is 2. The monoisotopic (exact) mass is 444 g/mol. The number of carbonyl (C=O) groups excluding carboxylic acids is 2. The normalized spacial score (nSPS) is 13.4. The third-order valence-corrected chi connectivity index (χ3v) is 5.39. The van der Waals surface area contributed by atoms with E-state index in [0.29, 0.717) is 34.2 Å². The number of nitrogens with one attached hydrogen (secondary N) is 1. The summed E-state index contributed by atoms with van der Waals surface area (Å²) in [4.78, 5) is 28.5. The van der Waals surface area contributed by atoms with Gasteiger partial charge in [-0.2, -0.15) is 0 Å². The molecule has 0 spiro atoms. The van der Waals surface area contributed by atoms with Crippen molar-refractivity contribution in [2.45, 2.75) is 6.92 Å². The Hall–Kier alpha value is -4.26. The van der Waals surface area contributed by atoms with Gasteiger partial charge in [0.25, 0.3) is 11.8 Å². The van der Waals surface area contributed by atoms with Crippen molar-refractivity contribution in [2.75, 3.05) is 31.5 Å². The molecule has 1 aliphatic heterocycles. The molecule has 1 N–H and O–H groups in total. The molecule has 7 heteroatoms. The molecule has 3 aromatic carbocycles. The van der Waals surface area contributed by atoms with E-state index in [1.165, 1.54) is 14.2 Å². The quantitative estimate of drug-likeness (QED) is 0.544. The van der Waals surface area contributed by atoms with Crippen LogP contribution in [0.15, 0.2) is 72.4 Å². The minimum atomic E-state index is -0.506. The molecule has 33 heavy (non-hydrogen) atoms. The van der Waals surface area contributed by atoms with Crippen molar-refractivity contribution < 1.29 is 23.8 Å². The minimum Gasteiger partial charge on any atom is -0.497 e. The first-order valence-electron chi connectivity index (χ1n) is 10.3. The Morgan fingerprint density at radius 3 is 2.12 bits per heavy atom. The summed E-state index contributed by atoms with van der Waals surface area (Å²) in [7, 11) is 4.56. The molecule has 0 bridgehead atoms. The Bertz CT molecular complexity index is 1250. The molecule has 1 aliphatic rings. The average molecular weight is 444 g/mol. The van der Waals surface area contributed by atoms with Crippen molar-refractivity contribution in [1.29, 1.82) is 0 Å². The fourth-order valence-electron chi connectivity index (χ4n) is 3.76. The van der Waals surface area contributed by atoms with Crippen LogP contribution >= 0.6 is 0 Å². The minimum absolute atomic E-state index is 0.153. The maximum Gasteiger partial charge on any atom is 0.282 e. The number of rotatable bonds is 7. The third-order valence-electron chi connectivity index (χ3n) is 5.39. The van der Waals surface area contributed by atoms with Crippen LogP contribution in [0, 0.1) is 6.92 Å². The molecular weight excluding hydrogens is 420 g/mol. The molecule has 3 aromatic rings. The molecule has 0 saturated carbocycles. The van der Waals surface area contributed by atoms with Gasteiger partial charge in [0, 0.05) is 6.07 Å². The van der Waals surface area contributed by atoms with Crippen LogP contribution < -0.4 is 24.4 Å². The second kappa shape index (κ2) is 9.08. The Morgan fingerprint density at radius 1 is 0.758 bits per heavy atom. The highest BCUT2D eigenvalue weighted by Gasteiger charge is 2.41. The van der Waals surface area contributed by atoms with Crippen molar-refractivity contribution in [2.24, 2.45) is 0 Å². The van der Waals surface area contributed by atoms with Gasteiger partial charge in [0.15, 0.2) is 0 Å².